The molecule has 3 N–H and O–H groups in total. The number of hydrogen-bond donors (Lipinski definition) is 2. The van der Waals surface area contributed by atoms with Gasteiger partial charge in [0.25, 0.3) is 0 Å². The second-order valence-electron chi connectivity index (χ2n) is 6.96. The van der Waals surface area contributed by atoms with Crippen LogP contribution in [0, 0.1) is 5.92 Å². The molecule has 21 heavy (non-hydrogen) atoms. The average Bonchev–Trinajstić information content (AvgIpc) is 2.34. The highest BCUT2D eigenvalue weighted by Crippen LogP contribution is 2.19. The monoisotopic (exact) mass is 298 g/mol. The topological polar surface area (TPSA) is 80.0 Å². The summed E-state index contributed by atoms with van der Waals surface area (Å²) in [6.07, 6.45) is 1.82. The molecule has 1 atom stereocenters. The lowest BCUT2D eigenvalue weighted by atomic mass is 9.98. The van der Waals surface area contributed by atoms with Crippen molar-refractivity contribution < 1.29 is 9.53 Å². The number of carbonyl (C=O) groups excluding carboxylic acids is 1. The summed E-state index contributed by atoms with van der Waals surface area (Å²) in [5, 5.41) is 3.07. The van der Waals surface area contributed by atoms with Crippen LogP contribution in [0.15, 0.2) is 4.99 Å². The zero-order chi connectivity index (χ0) is 16.0. The Morgan fingerprint density at radius 3 is 2.71 bits per heavy atom. The number of hydrogen-bond acceptors (Lipinski definition) is 3. The highest BCUT2D eigenvalue weighted by molar-refractivity contribution is 5.78. The van der Waals surface area contributed by atoms with Gasteiger partial charge in [0, 0.05) is 25.7 Å². The lowest BCUT2D eigenvalue weighted by Gasteiger charge is -2.33. The third-order valence-electron chi connectivity index (χ3n) is 3.13. The van der Waals surface area contributed by atoms with E-state index in [0.29, 0.717) is 25.0 Å². The summed E-state index contributed by atoms with van der Waals surface area (Å²) in [7, 11) is 0. The summed E-state index contributed by atoms with van der Waals surface area (Å²) in [6.45, 7) is 11.8. The van der Waals surface area contributed by atoms with Crippen LogP contribution in [-0.4, -0.2) is 48.2 Å². The minimum absolute atomic E-state index is 0.232. The predicted molar refractivity (Wildman–Crippen MR) is 85.3 cm³/mol. The Morgan fingerprint density at radius 2 is 2.14 bits per heavy atom. The van der Waals surface area contributed by atoms with Crippen LogP contribution in [0.2, 0.25) is 0 Å². The molecule has 0 spiro atoms. The van der Waals surface area contributed by atoms with E-state index in [2.05, 4.69) is 10.3 Å². The number of nitrogens with one attached hydrogen (secondary N) is 1. The van der Waals surface area contributed by atoms with Crippen molar-refractivity contribution >= 4 is 12.1 Å². The molecule has 0 aliphatic carbocycles. The van der Waals surface area contributed by atoms with Gasteiger partial charge >= 0.3 is 6.09 Å². The lowest BCUT2D eigenvalue weighted by molar-refractivity contribution is 0.0171. The van der Waals surface area contributed by atoms with Crippen molar-refractivity contribution in [3.05, 3.63) is 0 Å². The van der Waals surface area contributed by atoms with E-state index in [1.165, 1.54) is 0 Å². The summed E-state index contributed by atoms with van der Waals surface area (Å²) in [6, 6.07) is 0.276. The van der Waals surface area contributed by atoms with Crippen LogP contribution in [-0.2, 0) is 4.74 Å². The second-order valence-corrected chi connectivity index (χ2v) is 6.96. The van der Waals surface area contributed by atoms with Gasteiger partial charge in [0.1, 0.15) is 5.60 Å². The minimum atomic E-state index is -0.451. The number of piperidine rings is 1. The Morgan fingerprint density at radius 1 is 1.48 bits per heavy atom. The fourth-order valence-corrected chi connectivity index (χ4v) is 2.28. The number of guanidine groups is 1. The van der Waals surface area contributed by atoms with Crippen molar-refractivity contribution in [3.63, 3.8) is 0 Å². The Bertz CT molecular complexity index is 374. The molecule has 0 saturated carbocycles. The van der Waals surface area contributed by atoms with Crippen molar-refractivity contribution in [1.82, 2.24) is 10.2 Å². The summed E-state index contributed by atoms with van der Waals surface area (Å²) >= 11 is 0. The highest BCUT2D eigenvalue weighted by Gasteiger charge is 2.27. The molecule has 1 aliphatic heterocycles. The Balaban J connectivity index is 2.47. The molecule has 1 rings (SSSR count). The third-order valence-corrected chi connectivity index (χ3v) is 3.13. The Kier molecular flexibility index (Phi) is 6.30. The number of aliphatic imine (C=N–C) groups is 1. The smallest absolute Gasteiger partial charge is 0.410 e. The van der Waals surface area contributed by atoms with Crippen LogP contribution < -0.4 is 11.1 Å². The molecule has 1 fully saturated rings. The number of nitrogens with zero attached hydrogens (tertiary/aromatic N) is 2. The largest absolute Gasteiger partial charge is 0.444 e. The van der Waals surface area contributed by atoms with Gasteiger partial charge in [-0.3, -0.25) is 4.99 Å². The van der Waals surface area contributed by atoms with Gasteiger partial charge in [0.15, 0.2) is 5.96 Å². The number of amides is 1. The van der Waals surface area contributed by atoms with E-state index >= 15 is 0 Å². The number of rotatable bonds is 3. The molecule has 6 heteroatoms. The van der Waals surface area contributed by atoms with Gasteiger partial charge in [0.05, 0.1) is 0 Å². The van der Waals surface area contributed by atoms with Gasteiger partial charge in [-0.05, 0) is 53.4 Å². The normalized spacial score (nSPS) is 20.6. The predicted octanol–water partition coefficient (Wildman–Crippen LogP) is 1.95. The maximum Gasteiger partial charge on any atom is 0.410 e. The fraction of sp³-hybridized carbons (Fsp3) is 0.867. The first-order valence-electron chi connectivity index (χ1n) is 7.72. The maximum atomic E-state index is 12.1. The quantitative estimate of drug-likeness (QED) is 0.616. The Hall–Kier alpha value is -1.46. The van der Waals surface area contributed by atoms with Gasteiger partial charge in [-0.1, -0.05) is 0 Å². The van der Waals surface area contributed by atoms with Gasteiger partial charge in [-0.15, -0.1) is 0 Å². The molecule has 0 bridgehead atoms. The molecule has 122 valence electrons. The highest BCUT2D eigenvalue weighted by atomic mass is 16.6. The van der Waals surface area contributed by atoms with Crippen molar-refractivity contribution in [3.8, 4) is 0 Å². The summed E-state index contributed by atoms with van der Waals surface area (Å²) in [5.74, 6) is 0.818. The molecule has 0 radical (unpaired) electrons. The van der Waals surface area contributed by atoms with E-state index in [4.69, 9.17) is 10.5 Å². The van der Waals surface area contributed by atoms with E-state index in [9.17, 15) is 4.79 Å². The molecule has 0 aromatic rings. The van der Waals surface area contributed by atoms with E-state index in [-0.39, 0.29) is 12.1 Å². The molecule has 1 aliphatic rings. The number of carbonyl (C=O) groups is 1. The van der Waals surface area contributed by atoms with Crippen LogP contribution >= 0.6 is 0 Å². The van der Waals surface area contributed by atoms with Crippen LogP contribution in [0.4, 0.5) is 4.79 Å². The first-order valence-corrected chi connectivity index (χ1v) is 7.72. The summed E-state index contributed by atoms with van der Waals surface area (Å²) in [5.41, 5.74) is 5.35. The Labute approximate surface area is 128 Å². The van der Waals surface area contributed by atoms with Crippen molar-refractivity contribution in [2.75, 3.05) is 19.6 Å². The standard InChI is InChI=1S/C15H30N4O2/c1-11(2)18-13(16)17-9-12-7-6-8-19(10-12)14(20)21-15(3,4)5/h11-12H,6-10H2,1-5H3,(H3,16,17,18). The number of ether oxygens (including phenoxy) is 1. The van der Waals surface area contributed by atoms with Crippen LogP contribution in [0.1, 0.15) is 47.5 Å². The molecule has 6 nitrogen and oxygen atoms in total. The zero-order valence-electron chi connectivity index (χ0n) is 14.0. The third kappa shape index (κ3) is 7.20. The van der Waals surface area contributed by atoms with Crippen molar-refractivity contribution in [1.29, 1.82) is 0 Å². The minimum Gasteiger partial charge on any atom is -0.444 e. The van der Waals surface area contributed by atoms with Gasteiger partial charge in [0.2, 0.25) is 0 Å². The number of likely N-dealkylation sites (tertiary alicyclic amines) is 1. The average molecular weight is 298 g/mol. The van der Waals surface area contributed by atoms with Gasteiger partial charge in [-0.25, -0.2) is 4.79 Å². The van der Waals surface area contributed by atoms with E-state index < -0.39 is 5.60 Å². The van der Waals surface area contributed by atoms with Crippen LogP contribution in [0.5, 0.6) is 0 Å². The van der Waals surface area contributed by atoms with Crippen molar-refractivity contribution in [2.24, 2.45) is 16.6 Å². The second kappa shape index (κ2) is 7.52. The first kappa shape index (κ1) is 17.6. The molecule has 0 aromatic heterocycles. The molecule has 1 saturated heterocycles. The van der Waals surface area contributed by atoms with Gasteiger partial charge < -0.3 is 20.7 Å². The molecule has 1 amide bonds. The van der Waals surface area contributed by atoms with E-state index in [1.807, 2.05) is 34.6 Å². The molecule has 1 heterocycles. The molecular weight excluding hydrogens is 268 g/mol. The van der Waals surface area contributed by atoms with Crippen molar-refractivity contribution in [2.45, 2.75) is 59.1 Å². The fourth-order valence-electron chi connectivity index (χ4n) is 2.28. The molecule has 1 unspecified atom stereocenters. The lowest BCUT2D eigenvalue weighted by Crippen LogP contribution is -2.44. The zero-order valence-corrected chi connectivity index (χ0v) is 14.0. The van der Waals surface area contributed by atoms with E-state index in [0.717, 1.165) is 19.4 Å². The molecular formula is C15H30N4O2. The van der Waals surface area contributed by atoms with Crippen LogP contribution in [0.25, 0.3) is 0 Å². The molecule has 0 aromatic carbocycles. The van der Waals surface area contributed by atoms with Crippen LogP contribution in [0.3, 0.4) is 0 Å². The maximum absolute atomic E-state index is 12.1. The summed E-state index contributed by atoms with van der Waals surface area (Å²) < 4.78 is 5.42. The number of nitrogens with two attached hydrogens (primary N) is 1. The van der Waals surface area contributed by atoms with E-state index in [1.54, 1.807) is 4.90 Å². The first-order chi connectivity index (χ1) is 9.67. The summed E-state index contributed by atoms with van der Waals surface area (Å²) in [4.78, 5) is 18.2. The SMILES string of the molecule is CC(C)NC(N)=NCC1CCCN(C(=O)OC(C)(C)C)C1. The van der Waals surface area contributed by atoms with Gasteiger partial charge in [-0.2, -0.15) is 0 Å².